The van der Waals surface area contributed by atoms with E-state index in [2.05, 4.69) is 0 Å². The zero-order valence-corrected chi connectivity index (χ0v) is 11.8. The fourth-order valence-electron chi connectivity index (χ4n) is 1.51. The van der Waals surface area contributed by atoms with Crippen LogP contribution in [0, 0.1) is 0 Å². The molecule has 0 fully saturated rings. The summed E-state index contributed by atoms with van der Waals surface area (Å²) in [5, 5.41) is 8.87. The van der Waals surface area contributed by atoms with Gasteiger partial charge in [0.2, 0.25) is 5.78 Å². The second kappa shape index (κ2) is 7.24. The fourth-order valence-corrected chi connectivity index (χ4v) is 3.06. The molecule has 0 unspecified atom stereocenters. The number of allylic oxidation sites excluding steroid dienone is 1. The highest BCUT2D eigenvalue weighted by molar-refractivity contribution is 7.60. The van der Waals surface area contributed by atoms with E-state index >= 15 is 0 Å². The third-order valence-corrected chi connectivity index (χ3v) is 4.39. The minimum Gasteiger partial charge on any atom is -0.514 e. The topological polar surface area (TPSA) is 72.8 Å². The molecule has 0 amide bonds. The summed E-state index contributed by atoms with van der Waals surface area (Å²) in [6, 6.07) is 8.23. The normalized spacial score (nSPS) is 12.4. The van der Waals surface area contributed by atoms with Crippen LogP contribution in [0.3, 0.4) is 0 Å². The van der Waals surface area contributed by atoms with Crippen molar-refractivity contribution in [3.8, 4) is 0 Å². The second-order valence-electron chi connectivity index (χ2n) is 3.54. The van der Waals surface area contributed by atoms with E-state index in [1.807, 2.05) is 0 Å². The Labute approximate surface area is 112 Å². The molecule has 0 saturated carbocycles. The van der Waals surface area contributed by atoms with Crippen LogP contribution in [0.2, 0.25) is 0 Å². The number of carbonyl (C=O) groups is 1. The molecule has 6 heteroatoms. The molecule has 1 aromatic carbocycles. The van der Waals surface area contributed by atoms with Gasteiger partial charge >= 0.3 is 7.60 Å². The highest BCUT2D eigenvalue weighted by atomic mass is 31.2. The number of aliphatic hydroxyl groups is 1. The average Bonchev–Trinajstić information content (AvgIpc) is 2.40. The first-order chi connectivity index (χ1) is 9.09. The molecule has 104 valence electrons. The van der Waals surface area contributed by atoms with Gasteiger partial charge in [-0.1, -0.05) is 30.3 Å². The number of aliphatic hydroxyl groups excluding tert-OH is 1. The quantitative estimate of drug-likeness (QED) is 0.359. The summed E-state index contributed by atoms with van der Waals surface area (Å²) >= 11 is 0. The van der Waals surface area contributed by atoms with Crippen molar-refractivity contribution in [3.63, 3.8) is 0 Å². The summed E-state index contributed by atoms with van der Waals surface area (Å²) in [7, 11) is -3.79. The van der Waals surface area contributed by atoms with E-state index in [1.165, 1.54) is 0 Å². The van der Waals surface area contributed by atoms with Gasteiger partial charge in [0.25, 0.3) is 0 Å². The van der Waals surface area contributed by atoms with Crippen molar-refractivity contribution in [2.24, 2.45) is 0 Å². The number of hydrogen-bond donors (Lipinski definition) is 1. The van der Waals surface area contributed by atoms with E-state index in [0.29, 0.717) is 11.8 Å². The van der Waals surface area contributed by atoms with E-state index in [4.69, 9.17) is 9.05 Å². The SMILES string of the molecule is CCOP(=O)(OCC)/C(=C/O)C(=O)c1ccccc1. The van der Waals surface area contributed by atoms with Crippen molar-refractivity contribution >= 4 is 13.4 Å². The Morgan fingerprint density at radius 1 is 1.21 bits per heavy atom. The molecule has 0 aliphatic rings. The molecule has 0 spiro atoms. The van der Waals surface area contributed by atoms with Gasteiger partial charge in [-0.15, -0.1) is 0 Å². The molecule has 5 nitrogen and oxygen atoms in total. The van der Waals surface area contributed by atoms with Crippen molar-refractivity contribution in [3.05, 3.63) is 47.5 Å². The van der Waals surface area contributed by atoms with Crippen LogP contribution in [0.15, 0.2) is 41.9 Å². The molecule has 1 N–H and O–H groups in total. The Hall–Kier alpha value is -1.42. The molecule has 1 aromatic rings. The molecule has 0 bridgehead atoms. The average molecular weight is 284 g/mol. The lowest BCUT2D eigenvalue weighted by molar-refractivity contribution is 0.103. The third kappa shape index (κ3) is 3.77. The Balaban J connectivity index is 3.13. The van der Waals surface area contributed by atoms with Gasteiger partial charge in [0.15, 0.2) is 0 Å². The van der Waals surface area contributed by atoms with Crippen LogP contribution in [0.1, 0.15) is 24.2 Å². The van der Waals surface area contributed by atoms with E-state index in [-0.39, 0.29) is 18.5 Å². The Kier molecular flexibility index (Phi) is 5.96. The number of ketones is 1. The number of carbonyl (C=O) groups excluding carboxylic acids is 1. The molecule has 0 aliphatic carbocycles. The molecule has 0 atom stereocenters. The van der Waals surface area contributed by atoms with E-state index in [1.54, 1.807) is 44.2 Å². The minimum atomic E-state index is -3.79. The number of rotatable bonds is 7. The molecule has 1 rings (SSSR count). The highest BCUT2D eigenvalue weighted by Crippen LogP contribution is 2.56. The zero-order chi connectivity index (χ0) is 14.3. The summed E-state index contributed by atoms with van der Waals surface area (Å²) in [5.74, 6) is -0.576. The van der Waals surface area contributed by atoms with Gasteiger partial charge in [0, 0.05) is 5.56 Å². The van der Waals surface area contributed by atoms with Crippen molar-refractivity contribution in [1.29, 1.82) is 0 Å². The largest absolute Gasteiger partial charge is 0.514 e. The summed E-state index contributed by atoms with van der Waals surface area (Å²) < 4.78 is 22.6. The second-order valence-corrected chi connectivity index (χ2v) is 5.54. The van der Waals surface area contributed by atoms with Crippen molar-refractivity contribution < 1.29 is 23.5 Å². The molecule has 19 heavy (non-hydrogen) atoms. The van der Waals surface area contributed by atoms with Crippen molar-refractivity contribution in [2.75, 3.05) is 13.2 Å². The Morgan fingerprint density at radius 2 is 1.74 bits per heavy atom. The summed E-state index contributed by atoms with van der Waals surface area (Å²) in [6.07, 6.45) is 0.501. The van der Waals surface area contributed by atoms with Gasteiger partial charge < -0.3 is 14.2 Å². The third-order valence-electron chi connectivity index (χ3n) is 2.28. The van der Waals surface area contributed by atoms with Gasteiger partial charge in [-0.05, 0) is 13.8 Å². The first kappa shape index (κ1) is 15.6. The monoisotopic (exact) mass is 284 g/mol. The first-order valence-corrected chi connectivity index (χ1v) is 7.47. The first-order valence-electron chi connectivity index (χ1n) is 5.92. The van der Waals surface area contributed by atoms with E-state index in [0.717, 1.165) is 0 Å². The maximum Gasteiger partial charge on any atom is 0.368 e. The Bertz CT molecular complexity index is 485. The van der Waals surface area contributed by atoms with Gasteiger partial charge in [-0.2, -0.15) is 0 Å². The van der Waals surface area contributed by atoms with Crippen LogP contribution < -0.4 is 0 Å². The van der Waals surface area contributed by atoms with Gasteiger partial charge in [-0.3, -0.25) is 9.36 Å². The lowest BCUT2D eigenvalue weighted by Gasteiger charge is -2.18. The van der Waals surface area contributed by atoms with Crippen LogP contribution >= 0.6 is 7.60 Å². The van der Waals surface area contributed by atoms with Crippen LogP contribution in [0.5, 0.6) is 0 Å². The zero-order valence-electron chi connectivity index (χ0n) is 10.9. The molecule has 0 aliphatic heterocycles. The minimum absolute atomic E-state index is 0.108. The van der Waals surface area contributed by atoms with Gasteiger partial charge in [0.1, 0.15) is 5.31 Å². The molecule has 0 aromatic heterocycles. The van der Waals surface area contributed by atoms with Crippen molar-refractivity contribution in [2.45, 2.75) is 13.8 Å². The predicted octanol–water partition coefficient (Wildman–Crippen LogP) is 3.53. The van der Waals surface area contributed by atoms with Crippen LogP contribution in [0.4, 0.5) is 0 Å². The standard InChI is InChI=1S/C13H17O5P/c1-3-17-19(16,18-4-2)12(10-14)13(15)11-8-6-5-7-9-11/h5-10,14H,3-4H2,1-2H3/b12-10+. The van der Waals surface area contributed by atoms with Crippen LogP contribution in [0.25, 0.3) is 0 Å². The number of benzene rings is 1. The number of Topliss-reactive ketones (excluding diaryl/α,β-unsaturated/α-hetero) is 1. The maximum atomic E-state index is 12.5. The molecular formula is C13H17O5P. The van der Waals surface area contributed by atoms with Gasteiger partial charge in [0.05, 0.1) is 19.5 Å². The van der Waals surface area contributed by atoms with E-state index in [9.17, 15) is 14.5 Å². The Morgan fingerprint density at radius 3 is 2.16 bits per heavy atom. The lowest BCUT2D eigenvalue weighted by atomic mass is 10.1. The predicted molar refractivity (Wildman–Crippen MR) is 72.3 cm³/mol. The van der Waals surface area contributed by atoms with E-state index < -0.39 is 13.4 Å². The van der Waals surface area contributed by atoms with Gasteiger partial charge in [-0.25, -0.2) is 0 Å². The molecule has 0 heterocycles. The summed E-state index contributed by atoms with van der Waals surface area (Å²) in [5.41, 5.74) is 0.308. The summed E-state index contributed by atoms with van der Waals surface area (Å²) in [4.78, 5) is 12.2. The van der Waals surface area contributed by atoms with Crippen LogP contribution in [-0.2, 0) is 13.6 Å². The molecule has 0 saturated heterocycles. The fraction of sp³-hybridized carbons (Fsp3) is 0.308. The lowest BCUT2D eigenvalue weighted by Crippen LogP contribution is -2.08. The molecule has 0 radical (unpaired) electrons. The maximum absolute atomic E-state index is 12.5. The molecular weight excluding hydrogens is 267 g/mol. The smallest absolute Gasteiger partial charge is 0.368 e. The van der Waals surface area contributed by atoms with Crippen molar-refractivity contribution in [1.82, 2.24) is 0 Å². The highest BCUT2D eigenvalue weighted by Gasteiger charge is 2.35. The summed E-state index contributed by atoms with van der Waals surface area (Å²) in [6.45, 7) is 3.48. The van der Waals surface area contributed by atoms with Crippen LogP contribution in [-0.4, -0.2) is 24.1 Å². The number of hydrogen-bond acceptors (Lipinski definition) is 5.